The molecule has 0 bridgehead atoms. The van der Waals surface area contributed by atoms with Crippen molar-refractivity contribution in [3.8, 4) is 0 Å². The van der Waals surface area contributed by atoms with E-state index in [1.807, 2.05) is 0 Å². The molecule has 8 nitrogen and oxygen atoms in total. The number of hydrogen-bond donors (Lipinski definition) is 1. The molecule has 0 radical (unpaired) electrons. The van der Waals surface area contributed by atoms with E-state index in [1.165, 1.54) is 31.1 Å². The van der Waals surface area contributed by atoms with Gasteiger partial charge < -0.3 is 14.4 Å². The number of hydrogen-bond acceptors (Lipinski definition) is 5. The molecule has 1 amide bonds. The molecule has 0 aliphatic carbocycles. The number of rotatable bonds is 4. The Labute approximate surface area is 128 Å². The van der Waals surface area contributed by atoms with Gasteiger partial charge in [-0.05, 0) is 31.4 Å². The second kappa shape index (κ2) is 6.09. The number of piperidine rings is 1. The first-order valence-corrected chi connectivity index (χ1v) is 8.25. The fourth-order valence-corrected chi connectivity index (χ4v) is 3.12. The van der Waals surface area contributed by atoms with E-state index in [2.05, 4.69) is 0 Å². The maximum absolute atomic E-state index is 12.4. The molecule has 1 aromatic heterocycles. The lowest BCUT2D eigenvalue weighted by atomic mass is 10.0. The summed E-state index contributed by atoms with van der Waals surface area (Å²) in [7, 11) is -1.07. The van der Waals surface area contributed by atoms with Crippen LogP contribution in [-0.4, -0.2) is 61.3 Å². The Kier molecular flexibility index (Phi) is 4.57. The topological polar surface area (TPSA) is 108 Å². The summed E-state index contributed by atoms with van der Waals surface area (Å²) >= 11 is 0. The number of aliphatic carboxylic acids is 1. The van der Waals surface area contributed by atoms with Crippen LogP contribution in [0.25, 0.3) is 0 Å². The van der Waals surface area contributed by atoms with Crippen LogP contribution >= 0.6 is 0 Å². The van der Waals surface area contributed by atoms with Gasteiger partial charge in [0.15, 0.2) is 5.76 Å². The standard InChI is InChI=1S/C13H18N2O6S/c1-14(2)22(19,20)11-7-6-10(21-11)12(16)15-8-4-3-5-9(15)13(17)18/h6-7,9H,3-5,8H2,1-2H3,(H,17,18). The van der Waals surface area contributed by atoms with Gasteiger partial charge >= 0.3 is 5.97 Å². The first-order valence-electron chi connectivity index (χ1n) is 6.81. The van der Waals surface area contributed by atoms with Gasteiger partial charge in [-0.25, -0.2) is 17.5 Å². The highest BCUT2D eigenvalue weighted by molar-refractivity contribution is 7.88. The number of carbonyl (C=O) groups excluding carboxylic acids is 1. The molecule has 1 atom stereocenters. The van der Waals surface area contributed by atoms with Gasteiger partial charge in [0.2, 0.25) is 5.09 Å². The lowest BCUT2D eigenvalue weighted by Crippen LogP contribution is -2.47. The van der Waals surface area contributed by atoms with Crippen molar-refractivity contribution in [3.63, 3.8) is 0 Å². The van der Waals surface area contributed by atoms with Gasteiger partial charge in [0, 0.05) is 20.6 Å². The molecular weight excluding hydrogens is 312 g/mol. The minimum Gasteiger partial charge on any atom is -0.480 e. The van der Waals surface area contributed by atoms with Crippen molar-refractivity contribution in [3.05, 3.63) is 17.9 Å². The van der Waals surface area contributed by atoms with Gasteiger partial charge in [0.05, 0.1) is 0 Å². The third-order valence-corrected chi connectivity index (χ3v) is 5.27. The van der Waals surface area contributed by atoms with Gasteiger partial charge in [-0.3, -0.25) is 4.79 Å². The maximum Gasteiger partial charge on any atom is 0.326 e. The van der Waals surface area contributed by atoms with Crippen LogP contribution in [0.4, 0.5) is 0 Å². The monoisotopic (exact) mass is 330 g/mol. The average molecular weight is 330 g/mol. The number of amides is 1. The molecule has 1 aliphatic rings. The van der Waals surface area contributed by atoms with Crippen molar-refractivity contribution < 1.29 is 27.5 Å². The van der Waals surface area contributed by atoms with Crippen molar-refractivity contribution in [2.75, 3.05) is 20.6 Å². The van der Waals surface area contributed by atoms with Crippen LogP contribution in [0.2, 0.25) is 0 Å². The van der Waals surface area contributed by atoms with E-state index in [0.717, 1.165) is 10.7 Å². The molecule has 1 unspecified atom stereocenters. The SMILES string of the molecule is CN(C)S(=O)(=O)c1ccc(C(=O)N2CCCCC2C(=O)O)o1. The molecule has 1 aliphatic heterocycles. The van der Waals surface area contributed by atoms with Gasteiger partial charge in [-0.15, -0.1) is 0 Å². The fourth-order valence-electron chi connectivity index (χ4n) is 2.33. The second-order valence-corrected chi connectivity index (χ2v) is 7.34. The van der Waals surface area contributed by atoms with Crippen molar-refractivity contribution in [1.82, 2.24) is 9.21 Å². The molecule has 2 rings (SSSR count). The largest absolute Gasteiger partial charge is 0.480 e. The Hall–Kier alpha value is -1.87. The van der Waals surface area contributed by atoms with Crippen LogP contribution in [0.15, 0.2) is 21.6 Å². The molecule has 0 spiro atoms. The molecule has 1 N–H and O–H groups in total. The average Bonchev–Trinajstić information content (AvgIpc) is 2.96. The summed E-state index contributed by atoms with van der Waals surface area (Å²) in [6.45, 7) is 0.312. The maximum atomic E-state index is 12.4. The van der Waals surface area contributed by atoms with Crippen LogP contribution in [-0.2, 0) is 14.8 Å². The molecule has 122 valence electrons. The van der Waals surface area contributed by atoms with E-state index in [0.29, 0.717) is 19.4 Å². The van der Waals surface area contributed by atoms with E-state index < -0.39 is 27.9 Å². The van der Waals surface area contributed by atoms with Crippen LogP contribution < -0.4 is 0 Å². The molecule has 9 heteroatoms. The zero-order valence-electron chi connectivity index (χ0n) is 12.4. The molecule has 0 aromatic carbocycles. The Balaban J connectivity index is 2.27. The van der Waals surface area contributed by atoms with Crippen molar-refractivity contribution in [1.29, 1.82) is 0 Å². The third-order valence-electron chi connectivity index (χ3n) is 3.58. The first-order chi connectivity index (χ1) is 10.2. The van der Waals surface area contributed by atoms with Crippen LogP contribution in [0.1, 0.15) is 29.8 Å². The summed E-state index contributed by atoms with van der Waals surface area (Å²) in [5, 5.41) is 8.84. The smallest absolute Gasteiger partial charge is 0.326 e. The molecule has 1 aromatic rings. The van der Waals surface area contributed by atoms with Crippen molar-refractivity contribution in [2.45, 2.75) is 30.4 Å². The second-order valence-electron chi connectivity index (χ2n) is 5.25. The Morgan fingerprint density at radius 2 is 2.00 bits per heavy atom. The van der Waals surface area contributed by atoms with E-state index in [4.69, 9.17) is 4.42 Å². The fraction of sp³-hybridized carbons (Fsp3) is 0.538. The van der Waals surface area contributed by atoms with Crippen molar-refractivity contribution >= 4 is 21.9 Å². The minimum atomic E-state index is -3.77. The number of nitrogens with zero attached hydrogens (tertiary/aromatic N) is 2. The summed E-state index contributed by atoms with van der Waals surface area (Å²) < 4.78 is 30.0. The number of carboxylic acids is 1. The molecule has 1 fully saturated rings. The zero-order valence-corrected chi connectivity index (χ0v) is 13.2. The van der Waals surface area contributed by atoms with Crippen LogP contribution in [0, 0.1) is 0 Å². The number of carboxylic acid groups (broad SMARTS) is 1. The zero-order chi connectivity index (χ0) is 16.5. The van der Waals surface area contributed by atoms with Gasteiger partial charge in [-0.2, -0.15) is 0 Å². The quantitative estimate of drug-likeness (QED) is 0.866. The highest BCUT2D eigenvalue weighted by Gasteiger charge is 2.34. The van der Waals surface area contributed by atoms with E-state index in [9.17, 15) is 23.1 Å². The van der Waals surface area contributed by atoms with Gasteiger partial charge in [0.1, 0.15) is 6.04 Å². The Morgan fingerprint density at radius 3 is 2.59 bits per heavy atom. The summed E-state index contributed by atoms with van der Waals surface area (Å²) in [5.74, 6) is -1.85. The van der Waals surface area contributed by atoms with E-state index >= 15 is 0 Å². The van der Waals surface area contributed by atoms with Crippen LogP contribution in [0.3, 0.4) is 0 Å². The molecule has 1 saturated heterocycles. The number of carbonyl (C=O) groups is 2. The Bertz CT molecular complexity index is 678. The predicted molar refractivity (Wildman–Crippen MR) is 75.9 cm³/mol. The number of furan rings is 1. The third kappa shape index (κ3) is 3.00. The summed E-state index contributed by atoms with van der Waals surface area (Å²) in [5.41, 5.74) is 0. The molecule has 0 saturated carbocycles. The van der Waals surface area contributed by atoms with Gasteiger partial charge in [-0.1, -0.05) is 0 Å². The number of likely N-dealkylation sites (tertiary alicyclic amines) is 1. The highest BCUT2D eigenvalue weighted by atomic mass is 32.2. The predicted octanol–water partition coefficient (Wildman–Crippen LogP) is 0.609. The number of sulfonamides is 1. The van der Waals surface area contributed by atoms with Crippen molar-refractivity contribution in [2.24, 2.45) is 0 Å². The van der Waals surface area contributed by atoms with E-state index in [-0.39, 0.29) is 10.9 Å². The summed E-state index contributed by atoms with van der Waals surface area (Å²) in [6, 6.07) is 1.55. The summed E-state index contributed by atoms with van der Waals surface area (Å²) in [4.78, 5) is 24.8. The Morgan fingerprint density at radius 1 is 1.32 bits per heavy atom. The summed E-state index contributed by atoms with van der Waals surface area (Å²) in [6.07, 6.45) is 1.82. The lowest BCUT2D eigenvalue weighted by Gasteiger charge is -2.32. The molecule has 2 heterocycles. The normalized spacial score (nSPS) is 19.4. The molecule has 22 heavy (non-hydrogen) atoms. The first kappa shape index (κ1) is 16.5. The lowest BCUT2D eigenvalue weighted by molar-refractivity contribution is -0.143. The minimum absolute atomic E-state index is 0.173. The van der Waals surface area contributed by atoms with Gasteiger partial charge in [0.25, 0.3) is 15.9 Å². The molecular formula is C13H18N2O6S. The highest BCUT2D eigenvalue weighted by Crippen LogP contribution is 2.23. The van der Waals surface area contributed by atoms with Crippen LogP contribution in [0.5, 0.6) is 0 Å². The van der Waals surface area contributed by atoms with E-state index in [1.54, 1.807) is 0 Å².